The van der Waals surface area contributed by atoms with Crippen LogP contribution in [0.5, 0.6) is 5.88 Å². The van der Waals surface area contributed by atoms with Crippen LogP contribution in [0.1, 0.15) is 26.7 Å². The van der Waals surface area contributed by atoms with E-state index in [4.69, 9.17) is 13.8 Å². The number of hydrogen-bond donors (Lipinski definition) is 0. The van der Waals surface area contributed by atoms with Crippen LogP contribution in [0.4, 0.5) is 4.39 Å². The monoisotopic (exact) mass is 346 g/mol. The summed E-state index contributed by atoms with van der Waals surface area (Å²) in [5.74, 6) is -1.25. The highest BCUT2D eigenvalue weighted by Gasteiger charge is 2.20. The van der Waals surface area contributed by atoms with E-state index in [1.54, 1.807) is 0 Å². The zero-order chi connectivity index (χ0) is 17.8. The predicted octanol–water partition coefficient (Wildman–Crippen LogP) is 2.65. The highest BCUT2D eigenvalue weighted by molar-refractivity contribution is 5.86. The van der Waals surface area contributed by atoms with Gasteiger partial charge in [0.2, 0.25) is 11.5 Å². The zero-order valence-corrected chi connectivity index (χ0v) is 12.9. The van der Waals surface area contributed by atoms with Crippen molar-refractivity contribution in [2.75, 3.05) is 7.11 Å². The minimum absolute atomic E-state index is 0.0171. The highest BCUT2D eigenvalue weighted by atomic mass is 19.1. The Hall–Kier alpha value is -3.49. The topological polar surface area (TPSA) is 105 Å². The van der Waals surface area contributed by atoms with Gasteiger partial charge in [0.05, 0.1) is 18.7 Å². The van der Waals surface area contributed by atoms with Crippen LogP contribution in [0.3, 0.4) is 0 Å². The van der Waals surface area contributed by atoms with E-state index in [9.17, 15) is 14.0 Å². The van der Waals surface area contributed by atoms with Gasteiger partial charge in [0.25, 0.3) is 5.88 Å². The van der Waals surface area contributed by atoms with Crippen molar-refractivity contribution < 1.29 is 32.5 Å². The second-order valence-corrected chi connectivity index (χ2v) is 4.81. The number of aromatic nitrogens is 2. The number of halogens is 1. The van der Waals surface area contributed by atoms with E-state index in [0.717, 1.165) is 0 Å². The minimum Gasteiger partial charge on any atom is -0.470 e. The Kier molecular flexibility index (Phi) is 4.55. The van der Waals surface area contributed by atoms with Crippen molar-refractivity contribution in [1.82, 2.24) is 10.3 Å². The molecule has 0 spiro atoms. The van der Waals surface area contributed by atoms with E-state index in [1.165, 1.54) is 37.4 Å². The van der Waals surface area contributed by atoms with Gasteiger partial charge in [-0.05, 0) is 29.4 Å². The molecule has 2 aromatic heterocycles. The van der Waals surface area contributed by atoms with Crippen LogP contribution < -0.4 is 4.74 Å². The molecule has 1 aromatic carbocycles. The summed E-state index contributed by atoms with van der Waals surface area (Å²) in [6, 6.07) is 6.76. The number of benzene rings is 1. The maximum Gasteiger partial charge on any atom is 0.377 e. The molecule has 0 N–H and O–H groups in total. The van der Waals surface area contributed by atoms with Gasteiger partial charge in [-0.2, -0.15) is 0 Å². The Balaban J connectivity index is 1.83. The van der Waals surface area contributed by atoms with Crippen molar-refractivity contribution in [2.24, 2.45) is 0 Å². The van der Waals surface area contributed by atoms with Crippen molar-refractivity contribution >= 4 is 12.3 Å². The van der Waals surface area contributed by atoms with E-state index in [2.05, 4.69) is 15.1 Å². The maximum absolute atomic E-state index is 13.1. The van der Waals surface area contributed by atoms with Crippen molar-refractivity contribution in [3.63, 3.8) is 0 Å². The van der Waals surface area contributed by atoms with Crippen molar-refractivity contribution in [2.45, 2.75) is 6.61 Å². The summed E-state index contributed by atoms with van der Waals surface area (Å²) in [5, 5.41) is 7.39. The second kappa shape index (κ2) is 6.95. The van der Waals surface area contributed by atoms with Gasteiger partial charge in [-0.3, -0.25) is 4.79 Å². The first-order chi connectivity index (χ1) is 12.1. The smallest absolute Gasteiger partial charge is 0.377 e. The zero-order valence-electron chi connectivity index (χ0n) is 12.9. The average molecular weight is 346 g/mol. The third-order valence-electron chi connectivity index (χ3n) is 3.28. The molecule has 8 nitrogen and oxygen atoms in total. The van der Waals surface area contributed by atoms with E-state index < -0.39 is 11.8 Å². The average Bonchev–Trinajstić information content (AvgIpc) is 3.26. The molecule has 0 aliphatic heterocycles. The molecule has 0 saturated heterocycles. The van der Waals surface area contributed by atoms with E-state index >= 15 is 0 Å². The lowest BCUT2D eigenvalue weighted by molar-refractivity contribution is 0.0554. The van der Waals surface area contributed by atoms with E-state index in [-0.39, 0.29) is 24.0 Å². The number of hydrogen-bond acceptors (Lipinski definition) is 8. The summed E-state index contributed by atoms with van der Waals surface area (Å²) >= 11 is 0. The number of ether oxygens (including phenoxy) is 2. The molecular weight excluding hydrogens is 335 g/mol. The molecule has 0 saturated carbocycles. The van der Waals surface area contributed by atoms with Crippen LogP contribution in [0.2, 0.25) is 0 Å². The van der Waals surface area contributed by atoms with Gasteiger partial charge in [0.15, 0.2) is 6.29 Å². The van der Waals surface area contributed by atoms with Gasteiger partial charge in [0.1, 0.15) is 18.1 Å². The fourth-order valence-corrected chi connectivity index (χ4v) is 2.06. The lowest BCUT2D eigenvalue weighted by Gasteiger charge is -2.03. The van der Waals surface area contributed by atoms with E-state index in [0.29, 0.717) is 23.1 Å². The number of esters is 1. The van der Waals surface area contributed by atoms with Crippen LogP contribution in [0.25, 0.3) is 11.3 Å². The third-order valence-corrected chi connectivity index (χ3v) is 3.28. The first-order valence-corrected chi connectivity index (χ1v) is 7.00. The number of nitrogens with zero attached hydrogens (tertiary/aromatic N) is 2. The van der Waals surface area contributed by atoms with Crippen LogP contribution in [0.15, 0.2) is 39.4 Å². The van der Waals surface area contributed by atoms with Gasteiger partial charge in [-0.15, -0.1) is 0 Å². The number of carbonyl (C=O) groups is 2. The SMILES string of the molecule is COC(=O)c1cc(OCc2c(-c3ccc(F)cc3)noc2C=O)no1. The highest BCUT2D eigenvalue weighted by Crippen LogP contribution is 2.26. The Bertz CT molecular complexity index is 900. The lowest BCUT2D eigenvalue weighted by Crippen LogP contribution is -2.00. The maximum atomic E-state index is 13.1. The molecule has 0 fully saturated rings. The summed E-state index contributed by atoms with van der Waals surface area (Å²) < 4.78 is 32.7. The molecule has 0 aliphatic carbocycles. The summed E-state index contributed by atoms with van der Waals surface area (Å²) in [4.78, 5) is 22.4. The van der Waals surface area contributed by atoms with Crippen molar-refractivity contribution in [1.29, 1.82) is 0 Å². The minimum atomic E-state index is -0.701. The summed E-state index contributed by atoms with van der Waals surface area (Å²) in [5.41, 5.74) is 1.23. The third kappa shape index (κ3) is 3.39. The summed E-state index contributed by atoms with van der Waals surface area (Å²) in [7, 11) is 1.20. The molecule has 0 aliphatic rings. The summed E-state index contributed by atoms with van der Waals surface area (Å²) in [6.45, 7) is -0.128. The van der Waals surface area contributed by atoms with Gasteiger partial charge in [-0.25, -0.2) is 9.18 Å². The molecule has 25 heavy (non-hydrogen) atoms. The molecule has 0 unspecified atom stereocenters. The molecule has 0 radical (unpaired) electrons. The Labute approximate surface area is 140 Å². The molecule has 3 rings (SSSR count). The number of rotatable bonds is 6. The fraction of sp³-hybridized carbons (Fsp3) is 0.125. The molecule has 0 bridgehead atoms. The van der Waals surface area contributed by atoms with Crippen LogP contribution in [-0.4, -0.2) is 29.7 Å². The van der Waals surface area contributed by atoms with Crippen LogP contribution in [0, 0.1) is 5.82 Å². The Morgan fingerprint density at radius 3 is 2.68 bits per heavy atom. The Morgan fingerprint density at radius 1 is 1.24 bits per heavy atom. The Morgan fingerprint density at radius 2 is 2.00 bits per heavy atom. The summed E-state index contributed by atoms with van der Waals surface area (Å²) in [6.07, 6.45) is 0.487. The molecule has 3 aromatic rings. The van der Waals surface area contributed by atoms with Gasteiger partial charge in [-0.1, -0.05) is 5.16 Å². The lowest BCUT2D eigenvalue weighted by atomic mass is 10.1. The first-order valence-electron chi connectivity index (χ1n) is 7.00. The first kappa shape index (κ1) is 16.4. The van der Waals surface area contributed by atoms with Crippen LogP contribution >= 0.6 is 0 Å². The van der Waals surface area contributed by atoms with Gasteiger partial charge >= 0.3 is 5.97 Å². The number of aldehydes is 1. The van der Waals surface area contributed by atoms with Gasteiger partial charge < -0.3 is 18.5 Å². The molecule has 2 heterocycles. The molecule has 0 atom stereocenters. The molecule has 9 heteroatoms. The molecular formula is C16H11FN2O6. The van der Waals surface area contributed by atoms with Crippen molar-refractivity contribution in [3.8, 4) is 17.1 Å². The normalized spacial score (nSPS) is 10.5. The second-order valence-electron chi connectivity index (χ2n) is 4.81. The van der Waals surface area contributed by atoms with Gasteiger partial charge in [0, 0.05) is 5.56 Å². The molecule has 0 amide bonds. The van der Waals surface area contributed by atoms with Crippen molar-refractivity contribution in [3.05, 3.63) is 53.2 Å². The number of methoxy groups -OCH3 is 1. The fourth-order valence-electron chi connectivity index (χ4n) is 2.06. The number of carbonyl (C=O) groups excluding carboxylic acids is 2. The molecule has 128 valence electrons. The largest absolute Gasteiger partial charge is 0.470 e. The standard InChI is InChI=1S/C16H11FN2O6/c1-22-16(21)12-6-14(18-24-12)23-8-11-13(7-20)25-19-15(11)9-2-4-10(17)5-3-9/h2-7H,8H2,1H3. The van der Waals surface area contributed by atoms with E-state index in [1.807, 2.05) is 0 Å². The predicted molar refractivity (Wildman–Crippen MR) is 79.5 cm³/mol. The van der Waals surface area contributed by atoms with Crippen LogP contribution in [-0.2, 0) is 11.3 Å². The quantitative estimate of drug-likeness (QED) is 0.495.